The number of carbonyl (C=O) groups is 1. The Morgan fingerprint density at radius 2 is 2.12 bits per heavy atom. The lowest BCUT2D eigenvalue weighted by molar-refractivity contribution is -0.137. The Hall–Kier alpha value is -1.29. The van der Waals surface area contributed by atoms with Gasteiger partial charge in [0.1, 0.15) is 5.82 Å². The first-order valence-corrected chi connectivity index (χ1v) is 5.88. The number of halogens is 2. The highest BCUT2D eigenvalue weighted by Gasteiger charge is 2.02. The molecule has 0 saturated carbocycles. The van der Waals surface area contributed by atoms with Crippen LogP contribution in [0.5, 0.6) is 0 Å². The summed E-state index contributed by atoms with van der Waals surface area (Å²) in [5, 5.41) is 11.9. The van der Waals surface area contributed by atoms with Gasteiger partial charge in [0.25, 0.3) is 0 Å². The van der Waals surface area contributed by atoms with E-state index in [-0.39, 0.29) is 12.2 Å². The Morgan fingerprint density at radius 3 is 2.82 bits per heavy atom. The molecule has 0 aromatic heterocycles. The summed E-state index contributed by atoms with van der Waals surface area (Å²) in [6, 6.07) is 4.35. The number of hydrogen-bond donors (Lipinski definition) is 2. The van der Waals surface area contributed by atoms with Crippen LogP contribution in [0.4, 0.5) is 10.1 Å². The van der Waals surface area contributed by atoms with Gasteiger partial charge in [-0.3, -0.25) is 4.79 Å². The molecular formula is C12H15ClFNO2. The highest BCUT2D eigenvalue weighted by molar-refractivity contribution is 6.30. The topological polar surface area (TPSA) is 49.3 Å². The second kappa shape index (κ2) is 7.12. The highest BCUT2D eigenvalue weighted by Crippen LogP contribution is 2.19. The molecule has 17 heavy (non-hydrogen) atoms. The predicted molar refractivity (Wildman–Crippen MR) is 66.0 cm³/mol. The number of rotatable bonds is 7. The normalized spacial score (nSPS) is 10.2. The van der Waals surface area contributed by atoms with Crippen molar-refractivity contribution in [2.45, 2.75) is 25.7 Å². The Morgan fingerprint density at radius 1 is 1.35 bits per heavy atom. The number of hydrogen-bond acceptors (Lipinski definition) is 2. The molecule has 0 aliphatic heterocycles. The quantitative estimate of drug-likeness (QED) is 0.737. The Kier molecular flexibility index (Phi) is 5.77. The fraction of sp³-hybridized carbons (Fsp3) is 0.417. The van der Waals surface area contributed by atoms with Gasteiger partial charge in [0.15, 0.2) is 0 Å². The zero-order valence-electron chi connectivity index (χ0n) is 9.38. The minimum absolute atomic E-state index is 0.186. The van der Waals surface area contributed by atoms with Crippen LogP contribution in [-0.4, -0.2) is 17.6 Å². The minimum atomic E-state index is -0.779. The third-order valence-corrected chi connectivity index (χ3v) is 2.55. The molecule has 1 rings (SSSR count). The molecule has 0 atom stereocenters. The molecule has 0 heterocycles. The number of unbranched alkanes of at least 4 members (excludes halogenated alkanes) is 2. The largest absolute Gasteiger partial charge is 0.481 e. The Balaban J connectivity index is 2.22. The predicted octanol–water partition coefficient (Wildman–Crippen LogP) is 3.54. The number of nitrogens with one attached hydrogen (secondary N) is 1. The highest BCUT2D eigenvalue weighted by atomic mass is 35.5. The molecular weight excluding hydrogens is 245 g/mol. The van der Waals surface area contributed by atoms with E-state index in [1.807, 2.05) is 0 Å². The van der Waals surface area contributed by atoms with Crippen molar-refractivity contribution in [2.75, 3.05) is 11.9 Å². The zero-order chi connectivity index (χ0) is 12.7. The number of anilines is 1. The van der Waals surface area contributed by atoms with E-state index < -0.39 is 5.97 Å². The van der Waals surface area contributed by atoms with Crippen molar-refractivity contribution >= 4 is 23.3 Å². The van der Waals surface area contributed by atoms with Crippen LogP contribution in [0.1, 0.15) is 25.7 Å². The van der Waals surface area contributed by atoms with Gasteiger partial charge in [-0.25, -0.2) is 4.39 Å². The summed E-state index contributed by atoms with van der Waals surface area (Å²) in [4.78, 5) is 10.3. The van der Waals surface area contributed by atoms with Gasteiger partial charge in [-0.05, 0) is 31.0 Å². The molecule has 1 aromatic carbocycles. The molecule has 0 radical (unpaired) electrons. The van der Waals surface area contributed by atoms with Gasteiger partial charge in [0.2, 0.25) is 0 Å². The van der Waals surface area contributed by atoms with E-state index in [9.17, 15) is 9.18 Å². The lowest BCUT2D eigenvalue weighted by Gasteiger charge is -2.07. The van der Waals surface area contributed by atoms with Crippen molar-refractivity contribution < 1.29 is 14.3 Å². The first-order chi connectivity index (χ1) is 8.09. The maximum absolute atomic E-state index is 13.3. The van der Waals surface area contributed by atoms with Crippen molar-refractivity contribution in [3.63, 3.8) is 0 Å². The van der Waals surface area contributed by atoms with E-state index in [1.165, 1.54) is 18.2 Å². The summed E-state index contributed by atoms with van der Waals surface area (Å²) >= 11 is 5.74. The van der Waals surface area contributed by atoms with Crippen LogP contribution < -0.4 is 5.32 Å². The van der Waals surface area contributed by atoms with E-state index in [4.69, 9.17) is 16.7 Å². The molecule has 1 aromatic rings. The van der Waals surface area contributed by atoms with Crippen LogP contribution in [-0.2, 0) is 4.79 Å². The van der Waals surface area contributed by atoms with E-state index in [1.54, 1.807) is 0 Å². The van der Waals surface area contributed by atoms with Crippen molar-refractivity contribution in [2.24, 2.45) is 0 Å². The summed E-state index contributed by atoms with van der Waals surface area (Å²) < 4.78 is 13.3. The number of carboxylic acid groups (broad SMARTS) is 1. The third-order valence-electron chi connectivity index (χ3n) is 2.31. The SMILES string of the molecule is O=C(O)CCCCCNc1cc(Cl)ccc1F. The summed E-state index contributed by atoms with van der Waals surface area (Å²) in [5.74, 6) is -1.11. The summed E-state index contributed by atoms with van der Waals surface area (Å²) in [7, 11) is 0. The van der Waals surface area contributed by atoms with Crippen LogP contribution in [0.3, 0.4) is 0 Å². The average Bonchev–Trinajstić information content (AvgIpc) is 2.27. The molecule has 0 spiro atoms. The van der Waals surface area contributed by atoms with Crippen LogP contribution in [0.15, 0.2) is 18.2 Å². The average molecular weight is 260 g/mol. The fourth-order valence-electron chi connectivity index (χ4n) is 1.43. The molecule has 3 nitrogen and oxygen atoms in total. The van der Waals surface area contributed by atoms with Gasteiger partial charge in [0.05, 0.1) is 5.69 Å². The van der Waals surface area contributed by atoms with Crippen molar-refractivity contribution in [1.82, 2.24) is 0 Å². The van der Waals surface area contributed by atoms with E-state index in [0.29, 0.717) is 23.7 Å². The summed E-state index contributed by atoms with van der Waals surface area (Å²) in [5.41, 5.74) is 0.385. The van der Waals surface area contributed by atoms with Crippen molar-refractivity contribution in [3.8, 4) is 0 Å². The second-order valence-electron chi connectivity index (χ2n) is 3.76. The first kappa shape index (κ1) is 13.8. The lowest BCUT2D eigenvalue weighted by atomic mass is 10.2. The number of carboxylic acids is 1. The van der Waals surface area contributed by atoms with Gasteiger partial charge in [-0.15, -0.1) is 0 Å². The van der Waals surface area contributed by atoms with E-state index in [0.717, 1.165) is 12.8 Å². The zero-order valence-corrected chi connectivity index (χ0v) is 10.1. The van der Waals surface area contributed by atoms with Crippen LogP contribution in [0.25, 0.3) is 0 Å². The first-order valence-electron chi connectivity index (χ1n) is 5.50. The maximum atomic E-state index is 13.3. The molecule has 0 aliphatic carbocycles. The number of aliphatic carboxylic acids is 1. The van der Waals surface area contributed by atoms with Gasteiger partial charge in [0, 0.05) is 18.0 Å². The van der Waals surface area contributed by atoms with Crippen molar-refractivity contribution in [1.29, 1.82) is 0 Å². The minimum Gasteiger partial charge on any atom is -0.481 e. The van der Waals surface area contributed by atoms with Crippen LogP contribution in [0.2, 0.25) is 5.02 Å². The Labute approximate surface area is 105 Å². The standard InChI is InChI=1S/C12H15ClFNO2/c13-9-5-6-10(14)11(8-9)15-7-3-1-2-4-12(16)17/h5-6,8,15H,1-4,7H2,(H,16,17). The molecule has 0 unspecified atom stereocenters. The maximum Gasteiger partial charge on any atom is 0.303 e. The van der Waals surface area contributed by atoms with E-state index in [2.05, 4.69) is 5.32 Å². The molecule has 0 fully saturated rings. The number of benzene rings is 1. The van der Waals surface area contributed by atoms with Gasteiger partial charge in [-0.2, -0.15) is 0 Å². The summed E-state index contributed by atoms with van der Waals surface area (Å²) in [6.07, 6.45) is 2.45. The monoisotopic (exact) mass is 259 g/mol. The smallest absolute Gasteiger partial charge is 0.303 e. The van der Waals surface area contributed by atoms with E-state index >= 15 is 0 Å². The molecule has 0 amide bonds. The molecule has 0 bridgehead atoms. The summed E-state index contributed by atoms with van der Waals surface area (Å²) in [6.45, 7) is 0.608. The Bertz CT molecular complexity index is 385. The second-order valence-corrected chi connectivity index (χ2v) is 4.19. The fourth-order valence-corrected chi connectivity index (χ4v) is 1.61. The van der Waals surface area contributed by atoms with Gasteiger partial charge in [-0.1, -0.05) is 18.0 Å². The van der Waals surface area contributed by atoms with Gasteiger partial charge >= 0.3 is 5.97 Å². The third kappa shape index (κ3) is 5.54. The molecule has 0 saturated heterocycles. The van der Waals surface area contributed by atoms with Crippen LogP contribution in [0, 0.1) is 5.82 Å². The van der Waals surface area contributed by atoms with Gasteiger partial charge < -0.3 is 10.4 Å². The molecule has 94 valence electrons. The van der Waals surface area contributed by atoms with Crippen molar-refractivity contribution in [3.05, 3.63) is 29.0 Å². The molecule has 2 N–H and O–H groups in total. The molecule has 0 aliphatic rings. The van der Waals surface area contributed by atoms with Crippen LogP contribution >= 0.6 is 11.6 Å². The molecule has 5 heteroatoms. The lowest BCUT2D eigenvalue weighted by Crippen LogP contribution is -2.03.